The molecule has 2 aliphatic heterocycles. The van der Waals surface area contributed by atoms with Gasteiger partial charge in [0.1, 0.15) is 0 Å². The smallest absolute Gasteiger partial charge is 0.268 e. The molecular formula is C25H22N2O2S. The number of carbonyl (C=O) groups is 2. The Kier molecular flexibility index (Phi) is 4.63. The van der Waals surface area contributed by atoms with E-state index in [1.807, 2.05) is 90.7 Å². The van der Waals surface area contributed by atoms with Crippen molar-refractivity contribution in [3.05, 3.63) is 101 Å². The molecule has 0 unspecified atom stereocenters. The zero-order chi connectivity index (χ0) is 20.7. The third-order valence-corrected chi connectivity index (χ3v) is 7.25. The summed E-state index contributed by atoms with van der Waals surface area (Å²) in [4.78, 5) is 30.0. The Balaban J connectivity index is 1.57. The second-order valence-electron chi connectivity index (χ2n) is 7.71. The van der Waals surface area contributed by atoms with E-state index in [0.29, 0.717) is 18.7 Å². The summed E-state index contributed by atoms with van der Waals surface area (Å²) in [5, 5.41) is 0. The quantitative estimate of drug-likeness (QED) is 0.630. The topological polar surface area (TPSA) is 40.6 Å². The highest BCUT2D eigenvalue weighted by Gasteiger charge is 2.59. The van der Waals surface area contributed by atoms with E-state index < -0.39 is 4.87 Å². The van der Waals surface area contributed by atoms with Crippen molar-refractivity contribution in [2.45, 2.75) is 18.3 Å². The van der Waals surface area contributed by atoms with Crippen LogP contribution in [0.3, 0.4) is 0 Å². The van der Waals surface area contributed by atoms with Crippen molar-refractivity contribution >= 4 is 29.3 Å². The van der Waals surface area contributed by atoms with E-state index in [1.54, 1.807) is 16.7 Å². The van der Waals surface area contributed by atoms with Gasteiger partial charge in [-0.05, 0) is 30.7 Å². The van der Waals surface area contributed by atoms with Crippen molar-refractivity contribution in [2.75, 3.05) is 17.2 Å². The predicted octanol–water partition coefficient (Wildman–Crippen LogP) is 4.58. The molecule has 1 spiro atoms. The van der Waals surface area contributed by atoms with Crippen LogP contribution in [0.4, 0.5) is 5.69 Å². The molecule has 1 atom stereocenters. The molecule has 2 aliphatic rings. The van der Waals surface area contributed by atoms with E-state index in [2.05, 4.69) is 0 Å². The van der Waals surface area contributed by atoms with Crippen molar-refractivity contribution in [1.82, 2.24) is 4.90 Å². The molecular weight excluding hydrogens is 392 g/mol. The van der Waals surface area contributed by atoms with Crippen LogP contribution in [0, 0.1) is 6.92 Å². The molecule has 4 nitrogen and oxygen atoms in total. The van der Waals surface area contributed by atoms with Crippen LogP contribution in [-0.4, -0.2) is 29.0 Å². The monoisotopic (exact) mass is 414 g/mol. The van der Waals surface area contributed by atoms with Crippen molar-refractivity contribution in [3.8, 4) is 0 Å². The summed E-state index contributed by atoms with van der Waals surface area (Å²) in [6.45, 7) is 3.04. The molecule has 3 aromatic carbocycles. The number of fused-ring (bicyclic) bond motifs is 2. The average molecular weight is 415 g/mol. The lowest BCUT2D eigenvalue weighted by molar-refractivity contribution is -0.123. The fraction of sp³-hybridized carbons (Fsp3) is 0.200. The van der Waals surface area contributed by atoms with Gasteiger partial charge in [0.25, 0.3) is 11.8 Å². The summed E-state index contributed by atoms with van der Waals surface area (Å²) in [5.74, 6) is 0.608. The highest BCUT2D eigenvalue weighted by Crippen LogP contribution is 2.54. The Morgan fingerprint density at radius 2 is 1.67 bits per heavy atom. The van der Waals surface area contributed by atoms with Gasteiger partial charge in [-0.3, -0.25) is 9.59 Å². The van der Waals surface area contributed by atoms with Gasteiger partial charge in [0.2, 0.25) is 0 Å². The fourth-order valence-electron chi connectivity index (χ4n) is 4.34. The van der Waals surface area contributed by atoms with Crippen LogP contribution in [0.2, 0.25) is 0 Å². The van der Waals surface area contributed by atoms with Gasteiger partial charge in [0, 0.05) is 23.4 Å². The van der Waals surface area contributed by atoms with E-state index >= 15 is 0 Å². The van der Waals surface area contributed by atoms with E-state index in [9.17, 15) is 9.59 Å². The second kappa shape index (κ2) is 7.33. The molecule has 5 rings (SSSR count). The first-order valence-electron chi connectivity index (χ1n) is 10.1. The molecule has 1 saturated heterocycles. The Morgan fingerprint density at radius 1 is 0.967 bits per heavy atom. The Hall–Kier alpha value is -3.05. The Labute approximate surface area is 180 Å². The molecule has 30 heavy (non-hydrogen) atoms. The summed E-state index contributed by atoms with van der Waals surface area (Å²) in [6.07, 6.45) is 0. The van der Waals surface area contributed by atoms with Gasteiger partial charge in [0.05, 0.1) is 12.2 Å². The van der Waals surface area contributed by atoms with Gasteiger partial charge in [-0.25, -0.2) is 0 Å². The average Bonchev–Trinajstić information content (AvgIpc) is 3.32. The lowest BCUT2D eigenvalue weighted by Gasteiger charge is -2.33. The van der Waals surface area contributed by atoms with E-state index in [4.69, 9.17) is 0 Å². The molecule has 1 fully saturated rings. The number of nitrogens with zero attached hydrogens (tertiary/aromatic N) is 2. The van der Waals surface area contributed by atoms with Crippen molar-refractivity contribution in [2.24, 2.45) is 0 Å². The van der Waals surface area contributed by atoms with Crippen LogP contribution in [0.25, 0.3) is 0 Å². The van der Waals surface area contributed by atoms with Crippen LogP contribution in [0.15, 0.2) is 78.9 Å². The van der Waals surface area contributed by atoms with E-state index in [1.165, 1.54) is 0 Å². The van der Waals surface area contributed by atoms with Gasteiger partial charge in [0.15, 0.2) is 4.87 Å². The maximum atomic E-state index is 13.9. The SMILES string of the molecule is Cc1ccc(C(=O)N2CCS[C@@]23C(=O)N(Cc2ccccc2)c2ccccc23)cc1. The summed E-state index contributed by atoms with van der Waals surface area (Å²) in [7, 11) is 0. The molecule has 0 saturated carbocycles. The fourth-order valence-corrected chi connectivity index (χ4v) is 5.80. The molecule has 0 radical (unpaired) electrons. The summed E-state index contributed by atoms with van der Waals surface area (Å²) in [5.41, 5.74) is 4.59. The molecule has 3 aromatic rings. The number of thioether (sulfide) groups is 1. The number of rotatable bonds is 3. The molecule has 0 aromatic heterocycles. The first-order chi connectivity index (χ1) is 14.6. The lowest BCUT2D eigenvalue weighted by Crippen LogP contribution is -2.50. The van der Waals surface area contributed by atoms with Crippen molar-refractivity contribution in [1.29, 1.82) is 0 Å². The van der Waals surface area contributed by atoms with E-state index in [-0.39, 0.29) is 11.8 Å². The normalized spacial score (nSPS) is 20.1. The van der Waals surface area contributed by atoms with Gasteiger partial charge in [-0.15, -0.1) is 11.8 Å². The molecule has 0 aliphatic carbocycles. The lowest BCUT2D eigenvalue weighted by atomic mass is 10.0. The van der Waals surface area contributed by atoms with Crippen LogP contribution in [0.5, 0.6) is 0 Å². The third kappa shape index (κ3) is 2.84. The van der Waals surface area contributed by atoms with Crippen LogP contribution >= 0.6 is 11.8 Å². The number of hydrogen-bond acceptors (Lipinski definition) is 3. The van der Waals surface area contributed by atoms with Gasteiger partial charge >= 0.3 is 0 Å². The summed E-state index contributed by atoms with van der Waals surface area (Å²) < 4.78 is 0. The zero-order valence-electron chi connectivity index (χ0n) is 16.7. The predicted molar refractivity (Wildman–Crippen MR) is 120 cm³/mol. The van der Waals surface area contributed by atoms with Gasteiger partial charge < -0.3 is 9.80 Å². The minimum atomic E-state index is -0.993. The number of para-hydroxylation sites is 1. The van der Waals surface area contributed by atoms with Gasteiger partial charge in [-0.1, -0.05) is 66.2 Å². The number of carbonyl (C=O) groups excluding carboxylic acids is 2. The molecule has 150 valence electrons. The maximum absolute atomic E-state index is 13.9. The van der Waals surface area contributed by atoms with Crippen LogP contribution in [0.1, 0.15) is 27.0 Å². The highest BCUT2D eigenvalue weighted by atomic mass is 32.2. The first-order valence-corrected chi connectivity index (χ1v) is 11.1. The van der Waals surface area contributed by atoms with E-state index in [0.717, 1.165) is 28.1 Å². The Bertz CT molecular complexity index is 1110. The van der Waals surface area contributed by atoms with Crippen molar-refractivity contribution < 1.29 is 9.59 Å². The number of aryl methyl sites for hydroxylation is 1. The first kappa shape index (κ1) is 18.9. The zero-order valence-corrected chi connectivity index (χ0v) is 17.6. The molecule has 0 bridgehead atoms. The number of anilines is 1. The molecule has 2 amide bonds. The number of amides is 2. The molecule has 5 heteroatoms. The third-order valence-electron chi connectivity index (χ3n) is 5.83. The van der Waals surface area contributed by atoms with Crippen LogP contribution < -0.4 is 4.90 Å². The molecule has 2 heterocycles. The minimum absolute atomic E-state index is 0.0319. The highest BCUT2D eigenvalue weighted by molar-refractivity contribution is 8.01. The number of benzene rings is 3. The Morgan fingerprint density at radius 3 is 2.43 bits per heavy atom. The van der Waals surface area contributed by atoms with Crippen molar-refractivity contribution in [3.63, 3.8) is 0 Å². The maximum Gasteiger partial charge on any atom is 0.268 e. The van der Waals surface area contributed by atoms with Crippen LogP contribution in [-0.2, 0) is 16.2 Å². The summed E-state index contributed by atoms with van der Waals surface area (Å²) in [6, 6.07) is 25.4. The molecule has 0 N–H and O–H groups in total. The number of hydrogen-bond donors (Lipinski definition) is 0. The summed E-state index contributed by atoms with van der Waals surface area (Å²) >= 11 is 1.57. The standard InChI is InChI=1S/C25H22N2O2S/c1-18-11-13-20(14-12-18)23(28)27-15-16-30-25(27)21-9-5-6-10-22(21)26(24(25)29)17-19-7-3-2-4-8-19/h2-14H,15-17H2,1H3/t25-/m0/s1. The largest absolute Gasteiger partial charge is 0.311 e. The minimum Gasteiger partial charge on any atom is -0.311 e. The van der Waals surface area contributed by atoms with Gasteiger partial charge in [-0.2, -0.15) is 0 Å². The second-order valence-corrected chi connectivity index (χ2v) is 9.00.